The van der Waals surface area contributed by atoms with Crippen LogP contribution < -0.4 is 0 Å². The first kappa shape index (κ1) is 10.7. The van der Waals surface area contributed by atoms with Gasteiger partial charge in [-0.1, -0.05) is 6.08 Å². The molecule has 1 aliphatic heterocycles. The lowest BCUT2D eigenvalue weighted by Gasteiger charge is -2.33. The number of carbonyl (C=O) groups excluding carboxylic acids is 1. The van der Waals surface area contributed by atoms with Crippen molar-refractivity contribution in [3.8, 4) is 6.07 Å². The van der Waals surface area contributed by atoms with Gasteiger partial charge in [-0.15, -0.1) is 6.58 Å². The van der Waals surface area contributed by atoms with Crippen LogP contribution in [0.25, 0.3) is 0 Å². The quantitative estimate of drug-likeness (QED) is 0.603. The molecule has 0 aromatic heterocycles. The highest BCUT2D eigenvalue weighted by Crippen LogP contribution is 2.03. The maximum atomic E-state index is 11.3. The molecule has 1 amide bonds. The van der Waals surface area contributed by atoms with Gasteiger partial charge in [-0.05, 0) is 0 Å². The number of nitrogens with zero attached hydrogens (tertiary/aromatic N) is 3. The van der Waals surface area contributed by atoms with Crippen LogP contribution in [0.4, 0.5) is 0 Å². The summed E-state index contributed by atoms with van der Waals surface area (Å²) in [4.78, 5) is 15.3. The van der Waals surface area contributed by atoms with Crippen molar-refractivity contribution >= 4 is 5.91 Å². The molecule has 0 aromatic carbocycles. The minimum absolute atomic E-state index is 0.00145. The van der Waals surface area contributed by atoms with Crippen LogP contribution in [-0.2, 0) is 4.79 Å². The van der Waals surface area contributed by atoms with Crippen LogP contribution in [0.2, 0.25) is 0 Å². The third-order valence-electron chi connectivity index (χ3n) is 2.34. The fourth-order valence-electron chi connectivity index (χ4n) is 1.54. The average Bonchev–Trinajstić information content (AvgIpc) is 2.20. The van der Waals surface area contributed by atoms with E-state index in [1.54, 1.807) is 4.90 Å². The van der Waals surface area contributed by atoms with Gasteiger partial charge >= 0.3 is 0 Å². The van der Waals surface area contributed by atoms with Crippen molar-refractivity contribution in [1.29, 1.82) is 5.26 Å². The number of nitriles is 1. The monoisotopic (exact) mass is 193 g/mol. The molecule has 0 aromatic rings. The first-order chi connectivity index (χ1) is 6.77. The summed E-state index contributed by atoms with van der Waals surface area (Å²) in [7, 11) is 0. The Morgan fingerprint density at radius 1 is 1.43 bits per heavy atom. The van der Waals surface area contributed by atoms with E-state index in [-0.39, 0.29) is 12.3 Å². The van der Waals surface area contributed by atoms with Crippen molar-refractivity contribution in [2.45, 2.75) is 6.42 Å². The Bertz CT molecular complexity index is 249. The topological polar surface area (TPSA) is 47.3 Å². The van der Waals surface area contributed by atoms with Gasteiger partial charge in [0.25, 0.3) is 0 Å². The van der Waals surface area contributed by atoms with Crippen molar-refractivity contribution in [3.05, 3.63) is 12.7 Å². The summed E-state index contributed by atoms with van der Waals surface area (Å²) in [5.41, 5.74) is 0. The van der Waals surface area contributed by atoms with E-state index in [9.17, 15) is 4.79 Å². The normalized spacial score (nSPS) is 17.5. The Hall–Kier alpha value is -1.34. The van der Waals surface area contributed by atoms with Crippen LogP contribution in [0.15, 0.2) is 12.7 Å². The van der Waals surface area contributed by atoms with Gasteiger partial charge in [-0.3, -0.25) is 9.69 Å². The second-order valence-corrected chi connectivity index (χ2v) is 3.30. The Morgan fingerprint density at radius 3 is 2.57 bits per heavy atom. The number of rotatable bonds is 3. The first-order valence-electron chi connectivity index (χ1n) is 4.76. The Balaban J connectivity index is 2.32. The lowest BCUT2D eigenvalue weighted by molar-refractivity contribution is -0.131. The van der Waals surface area contributed by atoms with Gasteiger partial charge in [0.15, 0.2) is 0 Å². The van der Waals surface area contributed by atoms with E-state index in [1.165, 1.54) is 0 Å². The fraction of sp³-hybridized carbons (Fsp3) is 0.600. The zero-order valence-electron chi connectivity index (χ0n) is 8.28. The summed E-state index contributed by atoms with van der Waals surface area (Å²) in [5, 5.41) is 8.38. The van der Waals surface area contributed by atoms with Crippen molar-refractivity contribution in [1.82, 2.24) is 9.80 Å². The predicted molar refractivity (Wildman–Crippen MR) is 53.4 cm³/mol. The molecule has 0 N–H and O–H groups in total. The molecule has 1 rings (SSSR count). The van der Waals surface area contributed by atoms with E-state index >= 15 is 0 Å². The SMILES string of the molecule is C=CCN1CCN(C(=O)CC#N)CC1. The molecule has 0 saturated carbocycles. The lowest BCUT2D eigenvalue weighted by atomic mass is 10.3. The van der Waals surface area contributed by atoms with Crippen LogP contribution >= 0.6 is 0 Å². The van der Waals surface area contributed by atoms with Crippen LogP contribution in [0.5, 0.6) is 0 Å². The number of carbonyl (C=O) groups is 1. The molecule has 76 valence electrons. The lowest BCUT2D eigenvalue weighted by Crippen LogP contribution is -2.48. The number of hydrogen-bond donors (Lipinski definition) is 0. The molecule has 1 aliphatic rings. The van der Waals surface area contributed by atoms with Crippen molar-refractivity contribution in [2.75, 3.05) is 32.7 Å². The molecule has 1 fully saturated rings. The maximum absolute atomic E-state index is 11.3. The van der Waals surface area contributed by atoms with E-state index in [0.717, 1.165) is 32.7 Å². The number of piperazine rings is 1. The van der Waals surface area contributed by atoms with Crippen LogP contribution in [0.3, 0.4) is 0 Å². The van der Waals surface area contributed by atoms with Gasteiger partial charge < -0.3 is 4.90 Å². The van der Waals surface area contributed by atoms with Gasteiger partial charge in [0.1, 0.15) is 6.42 Å². The molecule has 14 heavy (non-hydrogen) atoms. The molecule has 0 atom stereocenters. The summed E-state index contributed by atoms with van der Waals surface area (Å²) >= 11 is 0. The van der Waals surface area contributed by atoms with Gasteiger partial charge in [0.2, 0.25) is 5.91 Å². The molecular weight excluding hydrogens is 178 g/mol. The van der Waals surface area contributed by atoms with E-state index in [0.29, 0.717) is 0 Å². The highest BCUT2D eigenvalue weighted by molar-refractivity contribution is 5.78. The van der Waals surface area contributed by atoms with Gasteiger partial charge in [0.05, 0.1) is 6.07 Å². The van der Waals surface area contributed by atoms with E-state index in [2.05, 4.69) is 11.5 Å². The molecule has 1 heterocycles. The molecule has 1 saturated heterocycles. The average molecular weight is 193 g/mol. The Morgan fingerprint density at radius 2 is 2.07 bits per heavy atom. The molecule has 4 nitrogen and oxygen atoms in total. The molecule has 0 aliphatic carbocycles. The molecule has 0 spiro atoms. The zero-order chi connectivity index (χ0) is 10.4. The molecule has 4 heteroatoms. The summed E-state index contributed by atoms with van der Waals surface area (Å²) in [6.07, 6.45) is 1.87. The second-order valence-electron chi connectivity index (χ2n) is 3.30. The largest absolute Gasteiger partial charge is 0.339 e. The van der Waals surface area contributed by atoms with Gasteiger partial charge in [0, 0.05) is 32.7 Å². The van der Waals surface area contributed by atoms with Crippen LogP contribution in [0, 0.1) is 11.3 Å². The summed E-state index contributed by atoms with van der Waals surface area (Å²) in [6, 6.07) is 1.88. The van der Waals surface area contributed by atoms with E-state index in [1.807, 2.05) is 12.1 Å². The second kappa shape index (κ2) is 5.40. The van der Waals surface area contributed by atoms with Crippen LogP contribution in [-0.4, -0.2) is 48.4 Å². The Kier molecular flexibility index (Phi) is 4.14. The highest BCUT2D eigenvalue weighted by atomic mass is 16.2. The van der Waals surface area contributed by atoms with Crippen molar-refractivity contribution in [2.24, 2.45) is 0 Å². The third kappa shape index (κ3) is 2.86. The van der Waals surface area contributed by atoms with Crippen molar-refractivity contribution < 1.29 is 4.79 Å². The molecule has 0 radical (unpaired) electrons. The molecular formula is C10H15N3O. The number of amides is 1. The molecule has 0 unspecified atom stereocenters. The van der Waals surface area contributed by atoms with Crippen molar-refractivity contribution in [3.63, 3.8) is 0 Å². The van der Waals surface area contributed by atoms with Gasteiger partial charge in [-0.2, -0.15) is 5.26 Å². The van der Waals surface area contributed by atoms with Crippen LogP contribution in [0.1, 0.15) is 6.42 Å². The summed E-state index contributed by atoms with van der Waals surface area (Å²) in [6.45, 7) is 7.77. The van der Waals surface area contributed by atoms with E-state index < -0.39 is 0 Å². The minimum atomic E-state index is -0.0502. The maximum Gasteiger partial charge on any atom is 0.236 e. The smallest absolute Gasteiger partial charge is 0.236 e. The standard InChI is InChI=1S/C10H15N3O/c1-2-5-12-6-8-13(9-7-12)10(14)3-4-11/h2H,1,3,5-9H2. The van der Waals surface area contributed by atoms with Gasteiger partial charge in [-0.25, -0.2) is 0 Å². The highest BCUT2D eigenvalue weighted by Gasteiger charge is 2.19. The Labute approximate surface area is 84.4 Å². The zero-order valence-corrected chi connectivity index (χ0v) is 8.28. The summed E-state index contributed by atoms with van der Waals surface area (Å²) in [5.74, 6) is -0.0502. The predicted octanol–water partition coefficient (Wildman–Crippen LogP) is 0.230. The summed E-state index contributed by atoms with van der Waals surface area (Å²) < 4.78 is 0. The fourth-order valence-corrected chi connectivity index (χ4v) is 1.54. The minimum Gasteiger partial charge on any atom is -0.339 e. The van der Waals surface area contributed by atoms with E-state index in [4.69, 9.17) is 5.26 Å². The first-order valence-corrected chi connectivity index (χ1v) is 4.76. The number of hydrogen-bond acceptors (Lipinski definition) is 3. The molecule has 0 bridgehead atoms. The third-order valence-corrected chi connectivity index (χ3v) is 2.34.